The van der Waals surface area contributed by atoms with Crippen molar-refractivity contribution < 1.29 is 9.59 Å². The second kappa shape index (κ2) is 5.30. The molecular weight excluding hydrogens is 214 g/mol. The molecule has 2 aliphatic rings. The molecule has 0 bridgehead atoms. The zero-order valence-electron chi connectivity index (χ0n) is 10.5. The molecule has 3 heteroatoms. The fourth-order valence-corrected chi connectivity index (χ4v) is 3.33. The molecule has 0 heterocycles. The van der Waals surface area contributed by atoms with E-state index in [1.807, 2.05) is 0 Å². The molecule has 0 saturated heterocycles. The minimum atomic E-state index is -0.835. The first-order valence-electron chi connectivity index (χ1n) is 6.99. The van der Waals surface area contributed by atoms with E-state index in [1.54, 1.807) is 0 Å². The molecule has 2 aliphatic carbocycles. The third-order valence-electron chi connectivity index (χ3n) is 4.44. The van der Waals surface area contributed by atoms with E-state index in [4.69, 9.17) is 5.73 Å². The van der Waals surface area contributed by atoms with Crippen LogP contribution in [0.5, 0.6) is 0 Å². The number of nitrogens with two attached hydrogens (primary N) is 1. The van der Waals surface area contributed by atoms with Crippen LogP contribution in [0, 0.1) is 5.92 Å². The molecule has 0 aromatic heterocycles. The van der Waals surface area contributed by atoms with Crippen molar-refractivity contribution in [2.24, 2.45) is 11.7 Å². The van der Waals surface area contributed by atoms with Crippen LogP contribution in [0.25, 0.3) is 0 Å². The molecule has 2 saturated carbocycles. The van der Waals surface area contributed by atoms with E-state index < -0.39 is 5.54 Å². The Labute approximate surface area is 103 Å². The van der Waals surface area contributed by atoms with E-state index in [0.29, 0.717) is 19.3 Å². The van der Waals surface area contributed by atoms with Crippen LogP contribution in [0.2, 0.25) is 0 Å². The van der Waals surface area contributed by atoms with E-state index in [0.717, 1.165) is 44.9 Å². The van der Waals surface area contributed by atoms with Crippen LogP contribution in [-0.2, 0) is 9.59 Å². The van der Waals surface area contributed by atoms with Crippen molar-refractivity contribution >= 4 is 11.6 Å². The predicted molar refractivity (Wildman–Crippen MR) is 66.6 cm³/mol. The molecule has 2 unspecified atom stereocenters. The van der Waals surface area contributed by atoms with E-state index in [9.17, 15) is 9.59 Å². The Balaban J connectivity index is 2.21. The van der Waals surface area contributed by atoms with Gasteiger partial charge in [0.2, 0.25) is 0 Å². The van der Waals surface area contributed by atoms with Crippen molar-refractivity contribution in [2.75, 3.05) is 0 Å². The molecule has 0 amide bonds. The lowest BCUT2D eigenvalue weighted by atomic mass is 9.73. The third kappa shape index (κ3) is 2.59. The molecule has 3 nitrogen and oxygen atoms in total. The summed E-state index contributed by atoms with van der Waals surface area (Å²) in [4.78, 5) is 24.4. The minimum absolute atomic E-state index is 0.134. The van der Waals surface area contributed by atoms with Crippen molar-refractivity contribution in [3.05, 3.63) is 0 Å². The van der Waals surface area contributed by atoms with Crippen molar-refractivity contribution in [3.8, 4) is 0 Å². The summed E-state index contributed by atoms with van der Waals surface area (Å²) in [5.41, 5.74) is 5.53. The average Bonchev–Trinajstić information content (AvgIpc) is 2.61. The second-order valence-electron chi connectivity index (χ2n) is 5.64. The summed E-state index contributed by atoms with van der Waals surface area (Å²) in [5.74, 6) is 0.172. The van der Waals surface area contributed by atoms with E-state index >= 15 is 0 Å². The van der Waals surface area contributed by atoms with Gasteiger partial charge < -0.3 is 5.73 Å². The van der Waals surface area contributed by atoms with Crippen molar-refractivity contribution in [1.82, 2.24) is 0 Å². The third-order valence-corrected chi connectivity index (χ3v) is 4.44. The fourth-order valence-electron chi connectivity index (χ4n) is 3.33. The van der Waals surface area contributed by atoms with Crippen molar-refractivity contribution in [3.63, 3.8) is 0 Å². The molecule has 2 N–H and O–H groups in total. The highest BCUT2D eigenvalue weighted by Gasteiger charge is 2.45. The van der Waals surface area contributed by atoms with Gasteiger partial charge in [-0.3, -0.25) is 9.59 Å². The zero-order chi connectivity index (χ0) is 12.3. The molecule has 2 fully saturated rings. The summed E-state index contributed by atoms with van der Waals surface area (Å²) in [6.45, 7) is 0. The SMILES string of the molecule is NC1(C2CCCCCC2=O)CCCCCC1=O. The smallest absolute Gasteiger partial charge is 0.153 e. The number of hydrogen-bond acceptors (Lipinski definition) is 3. The van der Waals surface area contributed by atoms with Crippen molar-refractivity contribution in [2.45, 2.75) is 69.7 Å². The Morgan fingerprint density at radius 1 is 0.941 bits per heavy atom. The molecular formula is C14H23NO2. The number of hydrogen-bond donors (Lipinski definition) is 1. The van der Waals surface area contributed by atoms with E-state index in [1.165, 1.54) is 0 Å². The zero-order valence-corrected chi connectivity index (χ0v) is 10.5. The van der Waals surface area contributed by atoms with Crippen LogP contribution >= 0.6 is 0 Å². The first-order valence-corrected chi connectivity index (χ1v) is 6.99. The Bertz CT molecular complexity index is 313. The van der Waals surface area contributed by atoms with E-state index in [-0.39, 0.29) is 17.5 Å². The summed E-state index contributed by atoms with van der Waals surface area (Å²) in [5, 5.41) is 0. The van der Waals surface area contributed by atoms with Gasteiger partial charge in [0.05, 0.1) is 5.54 Å². The molecule has 17 heavy (non-hydrogen) atoms. The lowest BCUT2D eigenvalue weighted by Crippen LogP contribution is -2.55. The summed E-state index contributed by atoms with van der Waals surface area (Å²) in [7, 11) is 0. The normalized spacial score (nSPS) is 36.4. The Morgan fingerprint density at radius 3 is 2.47 bits per heavy atom. The summed E-state index contributed by atoms with van der Waals surface area (Å²) < 4.78 is 0. The largest absolute Gasteiger partial charge is 0.318 e. The van der Waals surface area contributed by atoms with Gasteiger partial charge in [0.25, 0.3) is 0 Å². The fraction of sp³-hybridized carbons (Fsp3) is 0.857. The maximum atomic E-state index is 12.2. The van der Waals surface area contributed by atoms with Gasteiger partial charge in [-0.05, 0) is 25.7 Å². The summed E-state index contributed by atoms with van der Waals surface area (Å²) in [6.07, 6.45) is 8.85. The van der Waals surface area contributed by atoms with Gasteiger partial charge in [-0.1, -0.05) is 25.7 Å². The lowest BCUT2D eigenvalue weighted by Gasteiger charge is -2.34. The topological polar surface area (TPSA) is 60.2 Å². The number of carbonyl (C=O) groups excluding carboxylic acids is 2. The van der Waals surface area contributed by atoms with Crippen LogP contribution in [0.4, 0.5) is 0 Å². The summed E-state index contributed by atoms with van der Waals surface area (Å²) >= 11 is 0. The summed E-state index contributed by atoms with van der Waals surface area (Å²) in [6, 6.07) is 0. The molecule has 2 atom stereocenters. The molecule has 96 valence electrons. The minimum Gasteiger partial charge on any atom is -0.318 e. The Hall–Kier alpha value is -0.700. The van der Waals surface area contributed by atoms with Gasteiger partial charge >= 0.3 is 0 Å². The first-order chi connectivity index (χ1) is 8.14. The van der Waals surface area contributed by atoms with Crippen molar-refractivity contribution in [1.29, 1.82) is 0 Å². The molecule has 0 aliphatic heterocycles. The van der Waals surface area contributed by atoms with Gasteiger partial charge in [0, 0.05) is 18.8 Å². The predicted octanol–water partition coefficient (Wildman–Crippen LogP) is 2.37. The first kappa shape index (κ1) is 12.7. The molecule has 0 aromatic rings. The number of Topliss-reactive ketones (excluding diaryl/α,β-unsaturated/α-hetero) is 2. The van der Waals surface area contributed by atoms with Gasteiger partial charge in [-0.25, -0.2) is 0 Å². The van der Waals surface area contributed by atoms with Gasteiger partial charge in [-0.2, -0.15) is 0 Å². The maximum absolute atomic E-state index is 12.2. The molecule has 2 rings (SSSR count). The number of carbonyl (C=O) groups is 2. The van der Waals surface area contributed by atoms with Gasteiger partial charge in [0.15, 0.2) is 5.78 Å². The molecule has 0 spiro atoms. The van der Waals surface area contributed by atoms with Crippen LogP contribution in [0.3, 0.4) is 0 Å². The second-order valence-corrected chi connectivity index (χ2v) is 5.64. The molecule has 0 radical (unpaired) electrons. The molecule has 0 aromatic carbocycles. The number of rotatable bonds is 1. The maximum Gasteiger partial charge on any atom is 0.153 e. The van der Waals surface area contributed by atoms with Crippen LogP contribution < -0.4 is 5.73 Å². The van der Waals surface area contributed by atoms with Crippen LogP contribution in [-0.4, -0.2) is 17.1 Å². The van der Waals surface area contributed by atoms with Gasteiger partial charge in [-0.15, -0.1) is 0 Å². The quantitative estimate of drug-likeness (QED) is 0.712. The standard InChI is InChI=1S/C14H23NO2/c15-14(10-6-2-5-9-13(14)17)11-7-3-1-4-8-12(11)16/h11H,1-10,15H2. The average molecular weight is 237 g/mol. The van der Waals surface area contributed by atoms with Gasteiger partial charge in [0.1, 0.15) is 5.78 Å². The highest BCUT2D eigenvalue weighted by atomic mass is 16.1. The Morgan fingerprint density at radius 2 is 1.65 bits per heavy atom. The van der Waals surface area contributed by atoms with Crippen LogP contribution in [0.15, 0.2) is 0 Å². The van der Waals surface area contributed by atoms with E-state index in [2.05, 4.69) is 0 Å². The lowest BCUT2D eigenvalue weighted by molar-refractivity contribution is -0.134. The number of ketones is 2. The van der Waals surface area contributed by atoms with Crippen LogP contribution in [0.1, 0.15) is 64.2 Å². The highest BCUT2D eigenvalue weighted by molar-refractivity contribution is 5.95. The highest BCUT2D eigenvalue weighted by Crippen LogP contribution is 2.35. The monoisotopic (exact) mass is 237 g/mol. The Kier molecular flexibility index (Phi) is 3.97.